The normalized spacial score (nSPS) is 10.8. The number of aromatic amines is 1. The molecule has 0 bridgehead atoms. The van der Waals surface area contributed by atoms with Gasteiger partial charge in [-0.25, -0.2) is 23.7 Å². The third kappa shape index (κ3) is 4.04. The first kappa shape index (κ1) is 21.1. The molecule has 5 rings (SSSR count). The number of imidazole rings is 1. The topological polar surface area (TPSA) is 102 Å². The molecule has 7 nitrogen and oxygen atoms in total. The Morgan fingerprint density at radius 3 is 2.56 bits per heavy atom. The molecule has 0 radical (unpaired) electrons. The zero-order chi connectivity index (χ0) is 22.7. The summed E-state index contributed by atoms with van der Waals surface area (Å²) in [6, 6.07) is 12.1. The highest BCUT2D eigenvalue weighted by molar-refractivity contribution is 5.83. The van der Waals surface area contributed by atoms with Gasteiger partial charge in [-0.1, -0.05) is 25.5 Å². The van der Waals surface area contributed by atoms with E-state index in [2.05, 4.69) is 19.9 Å². The SMILES string of the molecule is CCCc1cc2cccc(F)c2c(=O)n1-c1ccc(F)cc1.Nc1ncnc2nc[nH]c12. The number of aromatic nitrogens is 5. The van der Waals surface area contributed by atoms with Crippen LogP contribution in [0.5, 0.6) is 0 Å². The van der Waals surface area contributed by atoms with Gasteiger partial charge < -0.3 is 10.7 Å². The maximum atomic E-state index is 14.1. The van der Waals surface area contributed by atoms with E-state index in [0.717, 1.165) is 12.1 Å². The molecule has 0 aliphatic carbocycles. The van der Waals surface area contributed by atoms with Gasteiger partial charge in [0.1, 0.15) is 23.5 Å². The van der Waals surface area contributed by atoms with Crippen LogP contribution in [0.4, 0.5) is 14.6 Å². The number of hydrogen-bond donors (Lipinski definition) is 2. The fraction of sp³-hybridized carbons (Fsp3) is 0.130. The van der Waals surface area contributed by atoms with Gasteiger partial charge in [-0.05, 0) is 48.2 Å². The van der Waals surface area contributed by atoms with Crippen LogP contribution in [0.3, 0.4) is 0 Å². The molecule has 9 heteroatoms. The van der Waals surface area contributed by atoms with Crippen LogP contribution in [0.2, 0.25) is 0 Å². The van der Waals surface area contributed by atoms with Gasteiger partial charge in [0.25, 0.3) is 5.56 Å². The number of halogens is 2. The molecule has 0 amide bonds. The molecule has 0 aliphatic heterocycles. The quantitative estimate of drug-likeness (QED) is 0.444. The summed E-state index contributed by atoms with van der Waals surface area (Å²) < 4.78 is 28.6. The van der Waals surface area contributed by atoms with Gasteiger partial charge in [0.15, 0.2) is 11.5 Å². The number of fused-ring (bicyclic) bond motifs is 2. The van der Waals surface area contributed by atoms with Crippen LogP contribution < -0.4 is 11.3 Å². The Kier molecular flexibility index (Phi) is 5.89. The molecule has 0 saturated heterocycles. The third-order valence-electron chi connectivity index (χ3n) is 4.92. The Balaban J connectivity index is 0.000000203. The molecule has 3 heterocycles. The van der Waals surface area contributed by atoms with E-state index in [0.29, 0.717) is 34.5 Å². The van der Waals surface area contributed by atoms with Crippen LogP contribution in [0.1, 0.15) is 19.0 Å². The van der Waals surface area contributed by atoms with Crippen molar-refractivity contribution >= 4 is 27.8 Å². The van der Waals surface area contributed by atoms with Crippen molar-refractivity contribution in [2.24, 2.45) is 0 Å². The van der Waals surface area contributed by atoms with Gasteiger partial charge in [0.05, 0.1) is 11.7 Å². The summed E-state index contributed by atoms with van der Waals surface area (Å²) in [5.74, 6) is -0.482. The average Bonchev–Trinajstić information content (AvgIpc) is 3.26. The summed E-state index contributed by atoms with van der Waals surface area (Å²) in [5, 5.41) is 0.651. The van der Waals surface area contributed by atoms with Crippen LogP contribution in [0, 0.1) is 11.6 Å². The first-order valence-electron chi connectivity index (χ1n) is 9.98. The average molecular weight is 434 g/mol. The number of nitrogen functional groups attached to an aromatic ring is 1. The molecule has 162 valence electrons. The number of aryl methyl sites for hydroxylation is 1. The Bertz CT molecular complexity index is 1440. The fourth-order valence-corrected chi connectivity index (χ4v) is 3.47. The second-order valence-corrected chi connectivity index (χ2v) is 7.07. The molecule has 0 saturated carbocycles. The Morgan fingerprint density at radius 2 is 1.84 bits per heavy atom. The lowest BCUT2D eigenvalue weighted by molar-refractivity contribution is 0.626. The molecule has 5 aromatic rings. The molecule has 0 spiro atoms. The Hall–Kier alpha value is -4.14. The van der Waals surface area contributed by atoms with E-state index in [1.807, 2.05) is 13.0 Å². The third-order valence-corrected chi connectivity index (χ3v) is 4.92. The Labute approximate surface area is 181 Å². The summed E-state index contributed by atoms with van der Waals surface area (Å²) in [6.07, 6.45) is 4.45. The molecule has 0 aliphatic rings. The van der Waals surface area contributed by atoms with Crippen molar-refractivity contribution in [3.8, 4) is 5.69 Å². The highest BCUT2D eigenvalue weighted by Crippen LogP contribution is 2.19. The van der Waals surface area contributed by atoms with Crippen LogP contribution in [-0.4, -0.2) is 24.5 Å². The standard InChI is InChI=1S/C18H15F2NO.C5H5N5/c1-2-4-15-11-12-5-3-6-16(20)17(12)18(22)21(15)14-9-7-13(19)8-10-14;6-4-3-5(9-1-7-3)10-2-8-4/h3,5-11H,2,4H2,1H3;1-2H,(H3,6,7,8,9,10). The number of nitrogens with zero attached hydrogens (tertiary/aromatic N) is 4. The van der Waals surface area contributed by atoms with Crippen molar-refractivity contribution in [2.75, 3.05) is 5.73 Å². The van der Waals surface area contributed by atoms with Gasteiger partial charge in [0.2, 0.25) is 0 Å². The minimum absolute atomic E-state index is 0.0617. The van der Waals surface area contributed by atoms with E-state index in [1.165, 1.54) is 47.6 Å². The number of nitrogens with two attached hydrogens (primary N) is 1. The zero-order valence-electron chi connectivity index (χ0n) is 17.2. The van der Waals surface area contributed by atoms with E-state index in [4.69, 9.17) is 5.73 Å². The van der Waals surface area contributed by atoms with E-state index in [1.54, 1.807) is 12.1 Å². The first-order valence-corrected chi connectivity index (χ1v) is 9.98. The lowest BCUT2D eigenvalue weighted by Gasteiger charge is -2.14. The molecule has 0 fully saturated rings. The molecule has 32 heavy (non-hydrogen) atoms. The van der Waals surface area contributed by atoms with Crippen LogP contribution in [-0.2, 0) is 6.42 Å². The maximum Gasteiger partial charge on any atom is 0.266 e. The molecule has 3 aromatic heterocycles. The van der Waals surface area contributed by atoms with Gasteiger partial charge in [0, 0.05) is 11.4 Å². The molecular formula is C23H20F2N6O. The predicted octanol–water partition coefficient (Wildman–Crippen LogP) is 4.16. The molecule has 3 N–H and O–H groups in total. The van der Waals surface area contributed by atoms with Crippen molar-refractivity contribution in [2.45, 2.75) is 19.8 Å². The van der Waals surface area contributed by atoms with Crippen molar-refractivity contribution in [3.05, 3.63) is 88.9 Å². The number of H-pyrrole nitrogens is 1. The highest BCUT2D eigenvalue weighted by Gasteiger charge is 2.13. The summed E-state index contributed by atoms with van der Waals surface area (Å²) >= 11 is 0. The largest absolute Gasteiger partial charge is 0.382 e. The first-order chi connectivity index (χ1) is 15.5. The van der Waals surface area contributed by atoms with E-state index >= 15 is 0 Å². The maximum absolute atomic E-state index is 14.1. The predicted molar refractivity (Wildman–Crippen MR) is 120 cm³/mol. The van der Waals surface area contributed by atoms with E-state index in [-0.39, 0.29) is 11.2 Å². The van der Waals surface area contributed by atoms with Crippen molar-refractivity contribution < 1.29 is 8.78 Å². The summed E-state index contributed by atoms with van der Waals surface area (Å²) in [6.45, 7) is 2.01. The van der Waals surface area contributed by atoms with Gasteiger partial charge >= 0.3 is 0 Å². The minimum Gasteiger partial charge on any atom is -0.382 e. The Morgan fingerprint density at radius 1 is 1.06 bits per heavy atom. The lowest BCUT2D eigenvalue weighted by atomic mass is 10.1. The monoisotopic (exact) mass is 434 g/mol. The number of benzene rings is 2. The lowest BCUT2D eigenvalue weighted by Crippen LogP contribution is -2.23. The molecule has 2 aromatic carbocycles. The van der Waals surface area contributed by atoms with Gasteiger partial charge in [-0.2, -0.15) is 0 Å². The van der Waals surface area contributed by atoms with Gasteiger partial charge in [-0.3, -0.25) is 9.36 Å². The molecular weight excluding hydrogens is 414 g/mol. The summed E-state index contributed by atoms with van der Waals surface area (Å²) in [4.78, 5) is 27.1. The molecule has 0 atom stereocenters. The summed E-state index contributed by atoms with van der Waals surface area (Å²) in [7, 11) is 0. The van der Waals surface area contributed by atoms with E-state index < -0.39 is 11.4 Å². The van der Waals surface area contributed by atoms with Crippen LogP contribution in [0.25, 0.3) is 27.6 Å². The number of hydrogen-bond acceptors (Lipinski definition) is 5. The number of pyridine rings is 1. The van der Waals surface area contributed by atoms with Crippen molar-refractivity contribution in [1.29, 1.82) is 0 Å². The van der Waals surface area contributed by atoms with Crippen molar-refractivity contribution in [3.63, 3.8) is 0 Å². The fourth-order valence-electron chi connectivity index (χ4n) is 3.47. The van der Waals surface area contributed by atoms with Crippen LogP contribution in [0.15, 0.2) is 66.0 Å². The number of nitrogens with one attached hydrogen (secondary N) is 1. The second-order valence-electron chi connectivity index (χ2n) is 7.07. The minimum atomic E-state index is -0.540. The van der Waals surface area contributed by atoms with Crippen molar-refractivity contribution in [1.82, 2.24) is 24.5 Å². The zero-order valence-corrected chi connectivity index (χ0v) is 17.2. The van der Waals surface area contributed by atoms with E-state index in [9.17, 15) is 13.6 Å². The second kappa shape index (κ2) is 8.93. The van der Waals surface area contributed by atoms with Crippen LogP contribution >= 0.6 is 0 Å². The smallest absolute Gasteiger partial charge is 0.266 e. The van der Waals surface area contributed by atoms with Gasteiger partial charge in [-0.15, -0.1) is 0 Å². The summed E-state index contributed by atoms with van der Waals surface area (Å²) in [5.41, 5.74) is 7.70. The number of anilines is 1. The molecule has 0 unspecified atom stereocenters. The number of rotatable bonds is 3. The highest BCUT2D eigenvalue weighted by atomic mass is 19.1.